The molecule has 0 heterocycles. The van der Waals surface area contributed by atoms with Gasteiger partial charge in [0, 0.05) is 14.1 Å². The van der Waals surface area contributed by atoms with Crippen molar-refractivity contribution in [2.75, 3.05) is 14.1 Å². The third-order valence-electron chi connectivity index (χ3n) is 1.09. The van der Waals surface area contributed by atoms with E-state index in [4.69, 9.17) is 11.5 Å². The van der Waals surface area contributed by atoms with Gasteiger partial charge < -0.3 is 11.5 Å². The lowest BCUT2D eigenvalue weighted by Gasteiger charge is -2.28. The van der Waals surface area contributed by atoms with Crippen LogP contribution in [0.3, 0.4) is 0 Å². The van der Waals surface area contributed by atoms with Gasteiger partial charge in [-0.3, -0.25) is 10.0 Å². The van der Waals surface area contributed by atoms with Crippen molar-refractivity contribution >= 4 is 34.7 Å². The fourth-order valence-corrected chi connectivity index (χ4v) is 0.541. The van der Waals surface area contributed by atoms with E-state index in [0.29, 0.717) is 0 Å². The monoisotopic (exact) mass is 178 g/mol. The van der Waals surface area contributed by atoms with Crippen LogP contribution in [0.2, 0.25) is 0 Å². The molecular formula is C4H10N4S2. The minimum atomic E-state index is 0.232. The first-order valence-corrected chi connectivity index (χ1v) is 3.34. The van der Waals surface area contributed by atoms with Crippen LogP contribution in [0.4, 0.5) is 0 Å². The van der Waals surface area contributed by atoms with Crippen LogP contribution in [0.25, 0.3) is 0 Å². The third-order valence-corrected chi connectivity index (χ3v) is 1.62. The molecule has 0 bridgehead atoms. The van der Waals surface area contributed by atoms with Crippen molar-refractivity contribution in [3.8, 4) is 0 Å². The van der Waals surface area contributed by atoms with Gasteiger partial charge in [-0.05, 0) is 24.4 Å². The van der Waals surface area contributed by atoms with E-state index in [2.05, 4.69) is 24.4 Å². The fourth-order valence-electron chi connectivity index (χ4n) is 0.296. The van der Waals surface area contributed by atoms with E-state index in [-0.39, 0.29) is 10.2 Å². The van der Waals surface area contributed by atoms with Gasteiger partial charge in [-0.25, -0.2) is 0 Å². The largest absolute Gasteiger partial charge is 0.375 e. The molecule has 0 aromatic rings. The van der Waals surface area contributed by atoms with Gasteiger partial charge in [-0.1, -0.05) is 0 Å². The molecule has 0 saturated heterocycles. The first-order chi connectivity index (χ1) is 4.46. The maximum Gasteiger partial charge on any atom is 0.185 e. The van der Waals surface area contributed by atoms with Gasteiger partial charge in [0.05, 0.1) is 0 Å². The summed E-state index contributed by atoms with van der Waals surface area (Å²) in [5.41, 5.74) is 10.6. The number of rotatable bonds is 0. The first-order valence-electron chi connectivity index (χ1n) is 2.53. The van der Waals surface area contributed by atoms with Crippen LogP contribution < -0.4 is 11.5 Å². The Labute approximate surface area is 70.7 Å². The van der Waals surface area contributed by atoms with Crippen molar-refractivity contribution in [1.82, 2.24) is 10.0 Å². The molecule has 6 heteroatoms. The molecule has 0 unspecified atom stereocenters. The summed E-state index contributed by atoms with van der Waals surface area (Å²) in [6.45, 7) is 0. The summed E-state index contributed by atoms with van der Waals surface area (Å²) in [6, 6.07) is 0. The van der Waals surface area contributed by atoms with Crippen molar-refractivity contribution in [1.29, 1.82) is 0 Å². The standard InChI is InChI=1S/C4H10N4S2/c1-7(3(5)9)8(2)4(6)10/h1-2H3,(H2,5,9)(H2,6,10). The number of hydrazine groups is 1. The molecule has 0 amide bonds. The Hall–Kier alpha value is -0.620. The first kappa shape index (κ1) is 9.38. The highest BCUT2D eigenvalue weighted by atomic mass is 32.1. The lowest BCUT2D eigenvalue weighted by molar-refractivity contribution is 0.211. The quantitative estimate of drug-likeness (QED) is 0.376. The molecule has 0 aromatic heterocycles. The Balaban J connectivity index is 4.07. The molecule has 58 valence electrons. The summed E-state index contributed by atoms with van der Waals surface area (Å²) in [5, 5.41) is 3.43. The van der Waals surface area contributed by atoms with Crippen LogP contribution in [-0.4, -0.2) is 34.3 Å². The molecule has 0 aromatic carbocycles. The summed E-state index contributed by atoms with van der Waals surface area (Å²) >= 11 is 9.32. The lowest BCUT2D eigenvalue weighted by Crippen LogP contribution is -2.49. The topological polar surface area (TPSA) is 58.5 Å². The van der Waals surface area contributed by atoms with Gasteiger partial charge in [0.1, 0.15) is 0 Å². The minimum Gasteiger partial charge on any atom is -0.375 e. The van der Waals surface area contributed by atoms with Crippen LogP contribution in [0, 0.1) is 0 Å². The normalized spacial score (nSPS) is 8.60. The number of hydrogen-bond acceptors (Lipinski definition) is 2. The van der Waals surface area contributed by atoms with Crippen molar-refractivity contribution in [2.45, 2.75) is 0 Å². The zero-order chi connectivity index (χ0) is 8.31. The Kier molecular flexibility index (Phi) is 3.31. The van der Waals surface area contributed by atoms with Crippen LogP contribution in [0.15, 0.2) is 0 Å². The van der Waals surface area contributed by atoms with Crippen LogP contribution in [0.1, 0.15) is 0 Å². The lowest BCUT2D eigenvalue weighted by atomic mass is 10.9. The molecule has 4 nitrogen and oxygen atoms in total. The predicted octanol–water partition coefficient (Wildman–Crippen LogP) is -0.748. The second kappa shape index (κ2) is 3.52. The molecule has 0 atom stereocenters. The molecule has 0 rings (SSSR count). The van der Waals surface area contributed by atoms with E-state index in [1.165, 1.54) is 10.0 Å². The summed E-state index contributed by atoms with van der Waals surface area (Å²) in [4.78, 5) is 0. The van der Waals surface area contributed by atoms with Crippen molar-refractivity contribution in [3.63, 3.8) is 0 Å². The smallest absolute Gasteiger partial charge is 0.185 e. The summed E-state index contributed by atoms with van der Waals surface area (Å²) < 4.78 is 0. The third kappa shape index (κ3) is 2.32. The van der Waals surface area contributed by atoms with Gasteiger partial charge >= 0.3 is 0 Å². The van der Waals surface area contributed by atoms with Crippen molar-refractivity contribution in [3.05, 3.63) is 0 Å². The Bertz CT molecular complexity index is 139. The van der Waals surface area contributed by atoms with Crippen molar-refractivity contribution < 1.29 is 0 Å². The summed E-state index contributed by atoms with van der Waals surface area (Å²) in [7, 11) is 3.36. The van der Waals surface area contributed by atoms with E-state index < -0.39 is 0 Å². The zero-order valence-corrected chi connectivity index (χ0v) is 7.50. The second-order valence-electron chi connectivity index (χ2n) is 1.72. The molecule has 0 radical (unpaired) electrons. The molecule has 4 N–H and O–H groups in total. The van der Waals surface area contributed by atoms with Gasteiger partial charge in [0.2, 0.25) is 0 Å². The van der Waals surface area contributed by atoms with E-state index in [1.54, 1.807) is 14.1 Å². The Morgan fingerprint density at radius 3 is 1.30 bits per heavy atom. The Morgan fingerprint density at radius 2 is 1.20 bits per heavy atom. The van der Waals surface area contributed by atoms with E-state index >= 15 is 0 Å². The highest BCUT2D eigenvalue weighted by Gasteiger charge is 2.06. The molecule has 0 saturated carbocycles. The molecular weight excluding hydrogens is 168 g/mol. The van der Waals surface area contributed by atoms with E-state index in [9.17, 15) is 0 Å². The average molecular weight is 178 g/mol. The second-order valence-corrected chi connectivity index (χ2v) is 2.56. The SMILES string of the molecule is CN(C(N)=S)N(C)C(N)=S. The summed E-state index contributed by atoms with van der Waals surface area (Å²) in [6.07, 6.45) is 0. The number of hydrogen-bond donors (Lipinski definition) is 2. The minimum absolute atomic E-state index is 0.232. The van der Waals surface area contributed by atoms with E-state index in [0.717, 1.165) is 0 Å². The number of nitrogens with zero attached hydrogens (tertiary/aromatic N) is 2. The molecule has 10 heavy (non-hydrogen) atoms. The van der Waals surface area contributed by atoms with E-state index in [1.807, 2.05) is 0 Å². The van der Waals surface area contributed by atoms with Crippen LogP contribution >= 0.6 is 24.4 Å². The molecule has 0 spiro atoms. The zero-order valence-electron chi connectivity index (χ0n) is 5.87. The van der Waals surface area contributed by atoms with Crippen LogP contribution in [-0.2, 0) is 0 Å². The fraction of sp³-hybridized carbons (Fsp3) is 0.500. The maximum atomic E-state index is 5.28. The Morgan fingerprint density at radius 1 is 1.00 bits per heavy atom. The highest BCUT2D eigenvalue weighted by Crippen LogP contribution is 1.88. The molecule has 0 aliphatic rings. The summed E-state index contributed by atoms with van der Waals surface area (Å²) in [5.74, 6) is 0. The van der Waals surface area contributed by atoms with Gasteiger partial charge in [-0.2, -0.15) is 0 Å². The molecule has 0 aliphatic heterocycles. The molecule has 0 fully saturated rings. The van der Waals surface area contributed by atoms with Gasteiger partial charge in [0.25, 0.3) is 0 Å². The van der Waals surface area contributed by atoms with Gasteiger partial charge in [-0.15, -0.1) is 0 Å². The highest BCUT2D eigenvalue weighted by molar-refractivity contribution is 7.80. The average Bonchev–Trinajstić information content (AvgIpc) is 1.84. The van der Waals surface area contributed by atoms with Crippen molar-refractivity contribution in [2.24, 2.45) is 11.5 Å². The van der Waals surface area contributed by atoms with Crippen LogP contribution in [0.5, 0.6) is 0 Å². The number of nitrogens with two attached hydrogens (primary N) is 2. The predicted molar refractivity (Wildman–Crippen MR) is 49.1 cm³/mol. The molecule has 0 aliphatic carbocycles. The van der Waals surface area contributed by atoms with Gasteiger partial charge in [0.15, 0.2) is 10.2 Å². The maximum absolute atomic E-state index is 5.28. The number of thiocarbonyl (C=S) groups is 2.